The second kappa shape index (κ2) is 10.8. The lowest BCUT2D eigenvalue weighted by Gasteiger charge is -2.36. The maximum absolute atomic E-state index is 13.6. The lowest BCUT2D eigenvalue weighted by molar-refractivity contribution is -0.152. The van der Waals surface area contributed by atoms with Crippen LogP contribution in [0.15, 0.2) is 24.3 Å². The molecule has 1 aromatic rings. The molecule has 0 amide bonds. The summed E-state index contributed by atoms with van der Waals surface area (Å²) in [4.78, 5) is 14.8. The molecule has 0 spiro atoms. The van der Waals surface area contributed by atoms with Crippen molar-refractivity contribution >= 4 is 35.9 Å². The topological polar surface area (TPSA) is 55.8 Å². The van der Waals surface area contributed by atoms with Crippen molar-refractivity contribution in [2.75, 3.05) is 37.6 Å². The third kappa shape index (κ3) is 6.73. The molecule has 1 aliphatic rings. The summed E-state index contributed by atoms with van der Waals surface area (Å²) in [6.45, 7) is 6.65. The van der Waals surface area contributed by atoms with Gasteiger partial charge in [0, 0.05) is 31.0 Å². The van der Waals surface area contributed by atoms with Gasteiger partial charge >= 0.3 is 5.97 Å². The standard InChI is InChI=1S/C22H35ClNO4P/c1-16(2)20-11-6-17(3)14-21(20)28-22(25)15-29(26,27-13-12-23)19-9-7-18(8-10-19)24(4)5/h7-10,16-17,20-21H,6,11-15H2,1-5H3. The van der Waals surface area contributed by atoms with E-state index in [0.29, 0.717) is 23.1 Å². The van der Waals surface area contributed by atoms with Crippen molar-refractivity contribution < 1.29 is 18.6 Å². The van der Waals surface area contributed by atoms with Gasteiger partial charge in [-0.2, -0.15) is 0 Å². The van der Waals surface area contributed by atoms with Crippen LogP contribution in [0.25, 0.3) is 0 Å². The van der Waals surface area contributed by atoms with Crippen LogP contribution in [0.4, 0.5) is 5.69 Å². The highest BCUT2D eigenvalue weighted by atomic mass is 35.5. The molecule has 2 rings (SSSR count). The highest BCUT2D eigenvalue weighted by Gasteiger charge is 2.36. The van der Waals surface area contributed by atoms with Crippen LogP contribution in [0.3, 0.4) is 0 Å². The summed E-state index contributed by atoms with van der Waals surface area (Å²) in [5.41, 5.74) is 0.983. The Hall–Kier alpha value is -1.03. The van der Waals surface area contributed by atoms with Crippen molar-refractivity contribution in [3.05, 3.63) is 24.3 Å². The van der Waals surface area contributed by atoms with Gasteiger partial charge in [0.2, 0.25) is 7.37 Å². The van der Waals surface area contributed by atoms with Crippen LogP contribution in [0.5, 0.6) is 0 Å². The number of hydrogen-bond donors (Lipinski definition) is 0. The predicted octanol–water partition coefficient (Wildman–Crippen LogP) is 4.92. The second-order valence-corrected chi connectivity index (χ2v) is 11.4. The second-order valence-electron chi connectivity index (χ2n) is 8.62. The van der Waals surface area contributed by atoms with Gasteiger partial charge in [0.1, 0.15) is 12.3 Å². The van der Waals surface area contributed by atoms with Gasteiger partial charge in [-0.25, -0.2) is 0 Å². The van der Waals surface area contributed by atoms with Crippen LogP contribution in [0.1, 0.15) is 40.0 Å². The number of benzene rings is 1. The van der Waals surface area contributed by atoms with Gasteiger partial charge < -0.3 is 14.2 Å². The minimum atomic E-state index is -3.40. The van der Waals surface area contributed by atoms with Crippen molar-refractivity contribution in [2.24, 2.45) is 17.8 Å². The fourth-order valence-electron chi connectivity index (χ4n) is 4.00. The summed E-state index contributed by atoms with van der Waals surface area (Å²) in [5.74, 6) is 1.07. The van der Waals surface area contributed by atoms with Crippen molar-refractivity contribution in [3.8, 4) is 0 Å². The lowest BCUT2D eigenvalue weighted by atomic mass is 9.75. The molecule has 29 heavy (non-hydrogen) atoms. The molecule has 1 aromatic carbocycles. The molecule has 7 heteroatoms. The zero-order valence-electron chi connectivity index (χ0n) is 18.3. The minimum Gasteiger partial charge on any atom is -0.462 e. The van der Waals surface area contributed by atoms with Crippen LogP contribution >= 0.6 is 19.0 Å². The number of carbonyl (C=O) groups excluding carboxylic acids is 1. The van der Waals surface area contributed by atoms with Crippen molar-refractivity contribution in [2.45, 2.75) is 46.1 Å². The van der Waals surface area contributed by atoms with Crippen LogP contribution in [-0.4, -0.2) is 44.8 Å². The molecule has 0 radical (unpaired) electrons. The maximum atomic E-state index is 13.6. The molecule has 1 aliphatic carbocycles. The Bertz CT molecular complexity index is 707. The van der Waals surface area contributed by atoms with E-state index in [-0.39, 0.29) is 24.8 Å². The number of hydrogen-bond acceptors (Lipinski definition) is 5. The van der Waals surface area contributed by atoms with Gasteiger partial charge in [0.15, 0.2) is 0 Å². The Labute approximate surface area is 180 Å². The number of esters is 1. The first-order valence-corrected chi connectivity index (χ1v) is 12.8. The molecule has 4 atom stereocenters. The average Bonchev–Trinajstić information content (AvgIpc) is 2.66. The number of rotatable bonds is 9. The third-order valence-electron chi connectivity index (χ3n) is 5.72. The molecule has 164 valence electrons. The van der Waals surface area contributed by atoms with Gasteiger partial charge in [-0.15, -0.1) is 11.6 Å². The lowest BCUT2D eigenvalue weighted by Crippen LogP contribution is -2.36. The molecule has 1 fully saturated rings. The molecule has 0 saturated heterocycles. The quantitative estimate of drug-likeness (QED) is 0.308. The summed E-state index contributed by atoms with van der Waals surface area (Å²) >= 11 is 5.76. The van der Waals surface area contributed by atoms with Crippen molar-refractivity contribution in [1.29, 1.82) is 0 Å². The van der Waals surface area contributed by atoms with E-state index in [2.05, 4.69) is 20.8 Å². The molecular weight excluding hydrogens is 409 g/mol. The zero-order chi connectivity index (χ0) is 21.6. The van der Waals surface area contributed by atoms with E-state index in [1.165, 1.54) is 0 Å². The number of alkyl halides is 1. The Kier molecular flexibility index (Phi) is 9.06. The molecule has 5 nitrogen and oxygen atoms in total. The molecule has 0 aromatic heterocycles. The Morgan fingerprint density at radius 2 is 1.90 bits per heavy atom. The third-order valence-corrected chi connectivity index (χ3v) is 8.23. The van der Waals surface area contributed by atoms with Crippen molar-refractivity contribution in [1.82, 2.24) is 0 Å². The summed E-state index contributed by atoms with van der Waals surface area (Å²) in [6, 6.07) is 7.26. The maximum Gasteiger partial charge on any atom is 0.316 e. The molecule has 4 unspecified atom stereocenters. The van der Waals surface area contributed by atoms with E-state index >= 15 is 0 Å². The number of halogens is 1. The number of nitrogens with zero attached hydrogens (tertiary/aromatic N) is 1. The van der Waals surface area contributed by atoms with Gasteiger partial charge in [0.25, 0.3) is 0 Å². The number of carbonyl (C=O) groups is 1. The smallest absolute Gasteiger partial charge is 0.316 e. The molecule has 0 N–H and O–H groups in total. The molecule has 0 aliphatic heterocycles. The van der Waals surface area contributed by atoms with E-state index in [9.17, 15) is 9.36 Å². The first-order chi connectivity index (χ1) is 13.7. The highest BCUT2D eigenvalue weighted by molar-refractivity contribution is 7.67. The molecule has 0 bridgehead atoms. The molecule has 1 saturated carbocycles. The molecule has 0 heterocycles. The van der Waals surface area contributed by atoms with E-state index in [1.807, 2.05) is 31.1 Å². The number of anilines is 1. The van der Waals surface area contributed by atoms with Crippen LogP contribution in [0, 0.1) is 17.8 Å². The fraction of sp³-hybridized carbons (Fsp3) is 0.682. The Morgan fingerprint density at radius 1 is 1.24 bits per heavy atom. The first kappa shape index (κ1) is 24.2. The van der Waals surface area contributed by atoms with Gasteiger partial charge in [-0.1, -0.05) is 27.2 Å². The summed E-state index contributed by atoms with van der Waals surface area (Å²) < 4.78 is 25.1. The predicted molar refractivity (Wildman–Crippen MR) is 121 cm³/mol. The molecular formula is C22H35ClNO4P. The Balaban J connectivity index is 2.15. The summed E-state index contributed by atoms with van der Waals surface area (Å²) in [5, 5.41) is 0.516. The zero-order valence-corrected chi connectivity index (χ0v) is 19.9. The largest absolute Gasteiger partial charge is 0.462 e. The minimum absolute atomic E-state index is 0.121. The SMILES string of the molecule is CC1CCC(C(C)C)C(OC(=O)CP(=O)(OCCCl)c2ccc(N(C)C)cc2)C1. The van der Waals surface area contributed by atoms with E-state index in [1.54, 1.807) is 12.1 Å². The average molecular weight is 444 g/mol. The Morgan fingerprint density at radius 3 is 2.45 bits per heavy atom. The van der Waals surface area contributed by atoms with Crippen molar-refractivity contribution in [3.63, 3.8) is 0 Å². The van der Waals surface area contributed by atoms with Crippen LogP contribution < -0.4 is 10.2 Å². The van der Waals surface area contributed by atoms with Gasteiger partial charge in [-0.3, -0.25) is 9.36 Å². The highest BCUT2D eigenvalue weighted by Crippen LogP contribution is 2.46. The first-order valence-electron chi connectivity index (χ1n) is 10.4. The number of ether oxygens (including phenoxy) is 1. The normalized spacial score (nSPS) is 24.2. The van der Waals surface area contributed by atoms with E-state index < -0.39 is 13.3 Å². The van der Waals surface area contributed by atoms with Gasteiger partial charge in [0.05, 0.1) is 6.61 Å². The monoisotopic (exact) mass is 443 g/mol. The van der Waals surface area contributed by atoms with Crippen LogP contribution in [0.2, 0.25) is 0 Å². The fourth-order valence-corrected chi connectivity index (χ4v) is 6.01. The van der Waals surface area contributed by atoms with Gasteiger partial charge in [-0.05, 0) is 54.9 Å². The van der Waals surface area contributed by atoms with Crippen LogP contribution in [-0.2, 0) is 18.6 Å². The summed E-state index contributed by atoms with van der Waals surface area (Å²) in [7, 11) is 0.475. The van der Waals surface area contributed by atoms with E-state index in [4.69, 9.17) is 20.9 Å². The summed E-state index contributed by atoms with van der Waals surface area (Å²) in [6.07, 6.45) is 2.69. The van der Waals surface area contributed by atoms with E-state index in [0.717, 1.165) is 24.9 Å².